The van der Waals surface area contributed by atoms with Gasteiger partial charge in [-0.2, -0.15) is 0 Å². The van der Waals surface area contributed by atoms with E-state index in [-0.39, 0.29) is 17.2 Å². The van der Waals surface area contributed by atoms with Gasteiger partial charge in [-0.3, -0.25) is 4.79 Å². The minimum atomic E-state index is -0.702. The topological polar surface area (TPSA) is 72.8 Å². The average Bonchev–Trinajstić information content (AvgIpc) is 3.12. The molecule has 0 aromatic heterocycles. The first-order valence-electron chi connectivity index (χ1n) is 13.4. The molecule has 0 bridgehead atoms. The van der Waals surface area contributed by atoms with Crippen LogP contribution in [0.15, 0.2) is 11.6 Å². The summed E-state index contributed by atoms with van der Waals surface area (Å²) in [4.78, 5) is 14.9. The van der Waals surface area contributed by atoms with Crippen LogP contribution in [-0.4, -0.2) is 59.4 Å². The first-order chi connectivity index (χ1) is 15.5. The van der Waals surface area contributed by atoms with Crippen LogP contribution in [0.4, 0.5) is 0 Å². The molecule has 0 radical (unpaired) electrons. The average molecular weight is 461 g/mol. The third-order valence-electron chi connectivity index (χ3n) is 11.3. The second kappa shape index (κ2) is 8.95. The van der Waals surface area contributed by atoms with Crippen LogP contribution in [0.1, 0.15) is 79.6 Å². The van der Waals surface area contributed by atoms with Crippen LogP contribution < -0.4 is 5.32 Å². The molecular weight excluding hydrogens is 412 g/mol. The van der Waals surface area contributed by atoms with Crippen LogP contribution in [0.25, 0.3) is 0 Å². The van der Waals surface area contributed by atoms with Crippen molar-refractivity contribution in [1.82, 2.24) is 10.2 Å². The van der Waals surface area contributed by atoms with Gasteiger partial charge < -0.3 is 20.4 Å². The molecule has 0 aromatic rings. The predicted molar refractivity (Wildman–Crippen MR) is 133 cm³/mol. The number of hydrogen-bond donors (Lipinski definition) is 3. The fourth-order valence-corrected chi connectivity index (χ4v) is 9.18. The SMILES string of the molecule is C/C=C(\C)C(=O)N[C@@H]1[C@H](O)[C@@H]2CC[C@H]3[C@H]4CC[C@H]([C@H](C)N(C)C)[C@@]4(C)CC[C@@H]3[C@]2(C)C[C@@H]1O. The van der Waals surface area contributed by atoms with Crippen LogP contribution >= 0.6 is 0 Å². The van der Waals surface area contributed by atoms with E-state index in [9.17, 15) is 15.0 Å². The summed E-state index contributed by atoms with van der Waals surface area (Å²) in [7, 11) is 4.44. The van der Waals surface area contributed by atoms with E-state index in [1.165, 1.54) is 32.1 Å². The second-order valence-corrected chi connectivity index (χ2v) is 12.7. The maximum absolute atomic E-state index is 12.5. The molecule has 0 aromatic carbocycles. The highest BCUT2D eigenvalue weighted by atomic mass is 16.3. The first kappa shape index (κ1) is 25.2. The zero-order valence-corrected chi connectivity index (χ0v) is 22.0. The number of nitrogens with one attached hydrogen (secondary N) is 1. The van der Waals surface area contributed by atoms with E-state index in [2.05, 4.69) is 45.1 Å². The summed E-state index contributed by atoms with van der Waals surface area (Å²) in [5.74, 6) is 2.71. The normalized spacial score (nSPS) is 48.6. The molecule has 4 aliphatic carbocycles. The summed E-state index contributed by atoms with van der Waals surface area (Å²) in [5.41, 5.74) is 0.965. The molecule has 0 unspecified atom stereocenters. The molecule has 4 rings (SSSR count). The summed E-state index contributed by atoms with van der Waals surface area (Å²) in [6.07, 6.45) is 8.36. The number of amides is 1. The number of carbonyl (C=O) groups excluding carboxylic acids is 1. The lowest BCUT2D eigenvalue weighted by atomic mass is 9.43. The van der Waals surface area contributed by atoms with Crippen LogP contribution in [0.3, 0.4) is 0 Å². The quantitative estimate of drug-likeness (QED) is 0.555. The molecule has 4 aliphatic rings. The van der Waals surface area contributed by atoms with E-state index in [0.29, 0.717) is 35.3 Å². The van der Waals surface area contributed by atoms with Gasteiger partial charge in [0.05, 0.1) is 18.2 Å². The van der Waals surface area contributed by atoms with Gasteiger partial charge in [-0.1, -0.05) is 19.9 Å². The highest BCUT2D eigenvalue weighted by Gasteiger charge is 2.63. The van der Waals surface area contributed by atoms with Crippen LogP contribution in [-0.2, 0) is 4.79 Å². The zero-order chi connectivity index (χ0) is 24.3. The summed E-state index contributed by atoms with van der Waals surface area (Å²) in [6, 6.07) is 0.0273. The summed E-state index contributed by atoms with van der Waals surface area (Å²) in [6.45, 7) is 10.9. The molecule has 33 heavy (non-hydrogen) atoms. The summed E-state index contributed by atoms with van der Waals surface area (Å²) < 4.78 is 0. The number of hydrogen-bond acceptors (Lipinski definition) is 4. The zero-order valence-electron chi connectivity index (χ0n) is 22.0. The van der Waals surface area contributed by atoms with Gasteiger partial charge in [0, 0.05) is 11.6 Å². The van der Waals surface area contributed by atoms with Crippen molar-refractivity contribution in [2.75, 3.05) is 14.1 Å². The highest BCUT2D eigenvalue weighted by molar-refractivity contribution is 5.92. The largest absolute Gasteiger partial charge is 0.391 e. The molecular formula is C28H48N2O3. The van der Waals surface area contributed by atoms with Gasteiger partial charge in [0.2, 0.25) is 5.91 Å². The Morgan fingerprint density at radius 3 is 2.30 bits per heavy atom. The van der Waals surface area contributed by atoms with E-state index in [1.54, 1.807) is 13.0 Å². The molecule has 0 heterocycles. The summed E-state index contributed by atoms with van der Waals surface area (Å²) >= 11 is 0. The molecule has 3 N–H and O–H groups in total. The monoisotopic (exact) mass is 460 g/mol. The maximum atomic E-state index is 12.5. The third kappa shape index (κ3) is 3.90. The van der Waals surface area contributed by atoms with Gasteiger partial charge in [-0.15, -0.1) is 0 Å². The Kier molecular flexibility index (Phi) is 6.83. The van der Waals surface area contributed by atoms with Gasteiger partial charge in [0.25, 0.3) is 0 Å². The van der Waals surface area contributed by atoms with Crippen molar-refractivity contribution < 1.29 is 15.0 Å². The van der Waals surface area contributed by atoms with Crippen molar-refractivity contribution >= 4 is 5.91 Å². The Morgan fingerprint density at radius 1 is 1.03 bits per heavy atom. The number of rotatable bonds is 4. The van der Waals surface area contributed by atoms with Gasteiger partial charge >= 0.3 is 0 Å². The van der Waals surface area contributed by atoms with Crippen molar-refractivity contribution in [2.24, 2.45) is 40.4 Å². The number of allylic oxidation sites excluding steroid dienone is 1. The lowest BCUT2D eigenvalue weighted by Gasteiger charge is -2.63. The second-order valence-electron chi connectivity index (χ2n) is 12.7. The minimum Gasteiger partial charge on any atom is -0.391 e. The number of carbonyl (C=O) groups is 1. The molecule has 5 nitrogen and oxygen atoms in total. The molecule has 0 saturated heterocycles. The van der Waals surface area contributed by atoms with E-state index >= 15 is 0 Å². The van der Waals surface area contributed by atoms with E-state index in [0.717, 1.165) is 18.3 Å². The Balaban J connectivity index is 1.55. The minimum absolute atomic E-state index is 0.0643. The molecule has 188 valence electrons. The van der Waals surface area contributed by atoms with E-state index in [4.69, 9.17) is 0 Å². The smallest absolute Gasteiger partial charge is 0.246 e. The van der Waals surface area contributed by atoms with Crippen LogP contribution in [0.5, 0.6) is 0 Å². The molecule has 5 heteroatoms. The van der Waals surface area contributed by atoms with Gasteiger partial charge in [0.15, 0.2) is 0 Å². The Bertz CT molecular complexity index is 781. The number of nitrogens with zero attached hydrogens (tertiary/aromatic N) is 1. The molecule has 4 fully saturated rings. The number of aliphatic hydroxyl groups is 2. The Labute approximate surface area is 201 Å². The maximum Gasteiger partial charge on any atom is 0.246 e. The van der Waals surface area contributed by atoms with Crippen molar-refractivity contribution in [1.29, 1.82) is 0 Å². The standard InChI is InChI=1S/C28H48N2O3/c1-8-16(2)26(33)29-24-23(31)15-28(5)21-13-14-27(4)19(17(3)30(6)7)11-12-20(27)18(21)9-10-22(28)25(24)32/h8,17-25,31-32H,9-15H2,1-7H3,(H,29,33)/b16-8+/t17-,18-,19+,20+,21-,22-,23-,24-,25+,27+,28-/m0/s1. The Morgan fingerprint density at radius 2 is 1.67 bits per heavy atom. The number of fused-ring (bicyclic) bond motifs is 5. The number of aliphatic hydroxyl groups excluding tert-OH is 2. The van der Waals surface area contributed by atoms with E-state index in [1.807, 2.05) is 6.92 Å². The van der Waals surface area contributed by atoms with Gasteiger partial charge in [-0.25, -0.2) is 0 Å². The van der Waals surface area contributed by atoms with Crippen LogP contribution in [0.2, 0.25) is 0 Å². The van der Waals surface area contributed by atoms with Crippen molar-refractivity contribution in [2.45, 2.75) is 104 Å². The molecule has 4 saturated carbocycles. The van der Waals surface area contributed by atoms with Crippen LogP contribution in [0, 0.1) is 40.4 Å². The fourth-order valence-electron chi connectivity index (χ4n) is 9.18. The Hall–Kier alpha value is -0.910. The summed E-state index contributed by atoms with van der Waals surface area (Å²) in [5, 5.41) is 25.5. The van der Waals surface area contributed by atoms with Crippen molar-refractivity contribution in [3.63, 3.8) is 0 Å². The molecule has 0 aliphatic heterocycles. The lowest BCUT2D eigenvalue weighted by molar-refractivity contribution is -0.180. The lowest BCUT2D eigenvalue weighted by Crippen LogP contribution is -2.65. The fraction of sp³-hybridized carbons (Fsp3) is 0.893. The van der Waals surface area contributed by atoms with E-state index < -0.39 is 18.2 Å². The molecule has 11 atom stereocenters. The van der Waals surface area contributed by atoms with Gasteiger partial charge in [-0.05, 0) is 120 Å². The predicted octanol–water partition coefficient (Wildman–Crippen LogP) is 3.99. The van der Waals surface area contributed by atoms with Crippen molar-refractivity contribution in [3.05, 3.63) is 11.6 Å². The van der Waals surface area contributed by atoms with Gasteiger partial charge in [0.1, 0.15) is 0 Å². The molecule has 1 amide bonds. The third-order valence-corrected chi connectivity index (χ3v) is 11.3. The first-order valence-corrected chi connectivity index (χ1v) is 13.4. The highest BCUT2D eigenvalue weighted by Crippen LogP contribution is 2.67. The molecule has 0 spiro atoms. The van der Waals surface area contributed by atoms with Crippen molar-refractivity contribution in [3.8, 4) is 0 Å².